The van der Waals surface area contributed by atoms with Crippen LogP contribution in [0.5, 0.6) is 17.2 Å². The average Bonchev–Trinajstić information content (AvgIpc) is 3.47. The minimum absolute atomic E-state index is 0.0990. The Labute approximate surface area is 291 Å². The first-order valence-corrected chi connectivity index (χ1v) is 16.8. The number of ether oxygens (including phenoxy) is 5. The molecule has 0 spiro atoms. The van der Waals surface area contributed by atoms with Crippen molar-refractivity contribution in [2.24, 2.45) is 0 Å². The zero-order valence-corrected chi connectivity index (χ0v) is 28.2. The Bertz CT molecular complexity index is 1790. The lowest BCUT2D eigenvalue weighted by Crippen LogP contribution is -2.49. The van der Waals surface area contributed by atoms with E-state index in [4.69, 9.17) is 28.8 Å². The number of rotatable bonds is 13. The summed E-state index contributed by atoms with van der Waals surface area (Å²) in [5.74, 6) is -0.186. The molecule has 2 aliphatic rings. The highest BCUT2D eigenvalue weighted by Gasteiger charge is 2.37. The maximum Gasteiger partial charge on any atom is 0.410 e. The van der Waals surface area contributed by atoms with E-state index in [1.807, 2.05) is 48.5 Å². The molecule has 1 unspecified atom stereocenters. The van der Waals surface area contributed by atoms with Gasteiger partial charge in [0, 0.05) is 12.5 Å². The number of hydrogen-bond acceptors (Lipinski definition) is 8. The van der Waals surface area contributed by atoms with E-state index in [1.165, 1.54) is 4.90 Å². The Morgan fingerprint density at radius 3 is 2.26 bits per heavy atom. The SMILES string of the molecule is COc1ccc(CC[C@@H](OC(=O)C2CCCCN2C(=O)OCC2c3ccccc3-c3ccccc32)c2cccc(OCC(=O)O)c2)cc1OC. The van der Waals surface area contributed by atoms with Crippen molar-refractivity contribution in [1.82, 2.24) is 4.90 Å². The Morgan fingerprint density at radius 2 is 1.56 bits per heavy atom. The van der Waals surface area contributed by atoms with Gasteiger partial charge in [0.05, 0.1) is 14.2 Å². The summed E-state index contributed by atoms with van der Waals surface area (Å²) in [6.45, 7) is 0.0319. The molecule has 6 rings (SSSR count). The van der Waals surface area contributed by atoms with Gasteiger partial charge in [0.1, 0.15) is 24.5 Å². The van der Waals surface area contributed by atoms with Crippen LogP contribution in [0.25, 0.3) is 11.1 Å². The summed E-state index contributed by atoms with van der Waals surface area (Å²) in [4.78, 5) is 40.2. The number of carboxylic acids is 1. The van der Waals surface area contributed by atoms with E-state index in [-0.39, 0.29) is 12.5 Å². The predicted molar refractivity (Wildman–Crippen MR) is 186 cm³/mol. The van der Waals surface area contributed by atoms with Gasteiger partial charge in [-0.25, -0.2) is 14.4 Å². The Morgan fingerprint density at radius 1 is 0.840 bits per heavy atom. The van der Waals surface area contributed by atoms with E-state index in [0.29, 0.717) is 48.6 Å². The molecule has 1 N–H and O–H groups in total. The molecule has 10 nitrogen and oxygen atoms in total. The topological polar surface area (TPSA) is 121 Å². The first-order chi connectivity index (χ1) is 24.4. The summed E-state index contributed by atoms with van der Waals surface area (Å²) in [6.07, 6.45) is 1.64. The molecule has 1 saturated heterocycles. The molecular formula is C40H41NO9. The van der Waals surface area contributed by atoms with Crippen molar-refractivity contribution >= 4 is 18.0 Å². The zero-order valence-electron chi connectivity index (χ0n) is 28.2. The predicted octanol–water partition coefficient (Wildman–Crippen LogP) is 7.19. The van der Waals surface area contributed by atoms with Gasteiger partial charge in [-0.05, 0) is 89.8 Å². The number of aliphatic carboxylic acids is 1. The van der Waals surface area contributed by atoms with E-state index < -0.39 is 36.8 Å². The fraction of sp³-hybridized carbons (Fsp3) is 0.325. The molecule has 1 aliphatic heterocycles. The Kier molecular flexibility index (Phi) is 10.9. The fourth-order valence-electron chi connectivity index (χ4n) is 6.87. The molecule has 1 heterocycles. The zero-order chi connectivity index (χ0) is 35.0. The number of esters is 1. The van der Waals surface area contributed by atoms with Crippen LogP contribution in [0.4, 0.5) is 4.79 Å². The third kappa shape index (κ3) is 7.70. The largest absolute Gasteiger partial charge is 0.493 e. The van der Waals surface area contributed by atoms with Gasteiger partial charge in [0.15, 0.2) is 18.1 Å². The summed E-state index contributed by atoms with van der Waals surface area (Å²) in [7, 11) is 3.14. The monoisotopic (exact) mass is 679 g/mol. The highest BCUT2D eigenvalue weighted by Crippen LogP contribution is 2.44. The molecule has 4 aromatic rings. The lowest BCUT2D eigenvalue weighted by molar-refractivity contribution is -0.157. The average molecular weight is 680 g/mol. The molecule has 4 aromatic carbocycles. The fourth-order valence-corrected chi connectivity index (χ4v) is 6.87. The molecule has 0 radical (unpaired) electrons. The van der Waals surface area contributed by atoms with Gasteiger partial charge in [0.25, 0.3) is 0 Å². The standard InChI is InChI=1S/C40H41NO9/c1-46-36-20-18-26(22-37(36)47-2)17-19-35(27-10-9-11-28(23-27)48-25-38(42)43)50-39(44)34-16-7-8-21-41(34)40(45)49-24-33-31-14-5-3-12-29(31)30-13-4-6-15-32(30)33/h3-6,9-15,18,20,22-23,33-35H,7-8,16-17,19,21,24-25H2,1-2H3,(H,42,43)/t34?,35-/m1/s1. The van der Waals surface area contributed by atoms with Crippen LogP contribution < -0.4 is 14.2 Å². The molecule has 50 heavy (non-hydrogen) atoms. The Hall–Kier alpha value is -5.51. The van der Waals surface area contributed by atoms with Gasteiger partial charge < -0.3 is 28.8 Å². The van der Waals surface area contributed by atoms with Crippen LogP contribution in [0.3, 0.4) is 0 Å². The third-order valence-electron chi connectivity index (χ3n) is 9.34. The molecule has 0 saturated carbocycles. The van der Waals surface area contributed by atoms with E-state index in [2.05, 4.69) is 24.3 Å². The number of fused-ring (bicyclic) bond motifs is 3. The van der Waals surface area contributed by atoms with Crippen molar-refractivity contribution in [2.45, 2.75) is 50.2 Å². The van der Waals surface area contributed by atoms with Gasteiger partial charge in [-0.2, -0.15) is 0 Å². The van der Waals surface area contributed by atoms with Crippen molar-refractivity contribution in [2.75, 3.05) is 34.0 Å². The lowest BCUT2D eigenvalue weighted by Gasteiger charge is -2.34. The molecule has 0 bridgehead atoms. The maximum absolute atomic E-state index is 14.0. The van der Waals surface area contributed by atoms with Crippen LogP contribution in [-0.4, -0.2) is 68.1 Å². The van der Waals surface area contributed by atoms with Crippen molar-refractivity contribution < 1.29 is 43.2 Å². The number of likely N-dealkylation sites (tertiary alicyclic amines) is 1. The third-order valence-corrected chi connectivity index (χ3v) is 9.34. The Balaban J connectivity index is 1.18. The van der Waals surface area contributed by atoms with Crippen LogP contribution >= 0.6 is 0 Å². The quantitative estimate of drug-likeness (QED) is 0.146. The number of carbonyl (C=O) groups is 3. The second-order valence-corrected chi connectivity index (χ2v) is 12.4. The number of hydrogen-bond donors (Lipinski definition) is 1. The molecule has 1 aliphatic carbocycles. The molecule has 10 heteroatoms. The minimum atomic E-state index is -1.10. The first-order valence-electron chi connectivity index (χ1n) is 16.8. The molecule has 260 valence electrons. The summed E-state index contributed by atoms with van der Waals surface area (Å²) in [5, 5.41) is 9.11. The maximum atomic E-state index is 14.0. The minimum Gasteiger partial charge on any atom is -0.493 e. The number of amides is 1. The van der Waals surface area contributed by atoms with Crippen molar-refractivity contribution in [3.63, 3.8) is 0 Å². The lowest BCUT2D eigenvalue weighted by atomic mass is 9.98. The molecule has 2 atom stereocenters. The highest BCUT2D eigenvalue weighted by atomic mass is 16.6. The van der Waals surface area contributed by atoms with Gasteiger partial charge in [0.2, 0.25) is 0 Å². The van der Waals surface area contributed by atoms with Crippen molar-refractivity contribution in [3.8, 4) is 28.4 Å². The number of carbonyl (C=O) groups excluding carboxylic acids is 2. The number of aryl methyl sites for hydroxylation is 1. The molecule has 0 aromatic heterocycles. The summed E-state index contributed by atoms with van der Waals surface area (Å²) < 4.78 is 28.4. The van der Waals surface area contributed by atoms with E-state index >= 15 is 0 Å². The summed E-state index contributed by atoms with van der Waals surface area (Å²) in [6, 6.07) is 28.0. The molecule has 1 amide bonds. The smallest absolute Gasteiger partial charge is 0.410 e. The van der Waals surface area contributed by atoms with Crippen LogP contribution in [0.1, 0.15) is 60.0 Å². The number of carboxylic acid groups (broad SMARTS) is 1. The second-order valence-electron chi connectivity index (χ2n) is 12.4. The number of nitrogens with zero attached hydrogens (tertiary/aromatic N) is 1. The van der Waals surface area contributed by atoms with Crippen LogP contribution in [0.2, 0.25) is 0 Å². The van der Waals surface area contributed by atoms with Crippen LogP contribution in [0, 0.1) is 0 Å². The van der Waals surface area contributed by atoms with Gasteiger partial charge in [-0.3, -0.25) is 4.90 Å². The van der Waals surface area contributed by atoms with Gasteiger partial charge in [-0.15, -0.1) is 0 Å². The first kappa shape index (κ1) is 34.4. The normalized spacial score (nSPS) is 15.7. The van der Waals surface area contributed by atoms with E-state index in [1.54, 1.807) is 32.4 Å². The van der Waals surface area contributed by atoms with Crippen LogP contribution in [0.15, 0.2) is 91.0 Å². The van der Waals surface area contributed by atoms with Gasteiger partial charge >= 0.3 is 18.0 Å². The summed E-state index contributed by atoms with van der Waals surface area (Å²) >= 11 is 0. The number of piperidine rings is 1. The van der Waals surface area contributed by atoms with E-state index in [9.17, 15) is 14.4 Å². The van der Waals surface area contributed by atoms with Gasteiger partial charge in [-0.1, -0.05) is 66.7 Å². The van der Waals surface area contributed by atoms with Crippen molar-refractivity contribution in [1.29, 1.82) is 0 Å². The van der Waals surface area contributed by atoms with Crippen LogP contribution in [-0.2, 0) is 25.5 Å². The summed E-state index contributed by atoms with van der Waals surface area (Å²) in [5.41, 5.74) is 6.09. The molecule has 1 fully saturated rings. The highest BCUT2D eigenvalue weighted by molar-refractivity contribution is 5.82. The molecular weight excluding hydrogens is 638 g/mol. The second kappa shape index (κ2) is 15.8. The van der Waals surface area contributed by atoms with Crippen molar-refractivity contribution in [3.05, 3.63) is 113 Å². The number of benzene rings is 4. The number of methoxy groups -OCH3 is 2. The van der Waals surface area contributed by atoms with E-state index in [0.717, 1.165) is 40.7 Å².